The molecular formula is C12H14ClN. The Morgan fingerprint density at radius 2 is 1.86 bits per heavy atom. The number of hydrogen-bond acceptors (Lipinski definition) is 1. The minimum Gasteiger partial charge on any atom is -0.291 e. The first-order valence-electron chi connectivity index (χ1n) is 4.81. The Kier molecular flexibility index (Phi) is 2.90. The topological polar surface area (TPSA) is 3.24 Å². The smallest absolute Gasteiger partial charge is 0.0443 e. The first-order chi connectivity index (χ1) is 6.79. The summed E-state index contributed by atoms with van der Waals surface area (Å²) in [5.41, 5.74) is 3.98. The Balaban J connectivity index is 2.01. The molecule has 1 nitrogen and oxygen atoms in total. The average molecular weight is 208 g/mol. The fourth-order valence-corrected chi connectivity index (χ4v) is 1.96. The lowest BCUT2D eigenvalue weighted by molar-refractivity contribution is 0.310. The van der Waals surface area contributed by atoms with Crippen LogP contribution in [-0.2, 0) is 13.1 Å². The molecule has 0 aliphatic carbocycles. The summed E-state index contributed by atoms with van der Waals surface area (Å²) < 4.78 is 0. The molecule has 2 heteroatoms. The number of halogens is 1. The molecule has 0 saturated heterocycles. The van der Waals surface area contributed by atoms with Crippen molar-refractivity contribution in [2.75, 3.05) is 12.4 Å². The van der Waals surface area contributed by atoms with Gasteiger partial charge in [0.1, 0.15) is 0 Å². The van der Waals surface area contributed by atoms with Gasteiger partial charge >= 0.3 is 0 Å². The van der Waals surface area contributed by atoms with Gasteiger partial charge in [-0.15, -0.1) is 11.6 Å². The molecule has 0 amide bonds. The zero-order chi connectivity index (χ0) is 9.97. The van der Waals surface area contributed by atoms with Gasteiger partial charge in [-0.1, -0.05) is 30.8 Å². The van der Waals surface area contributed by atoms with Crippen LogP contribution in [0, 0.1) is 0 Å². The van der Waals surface area contributed by atoms with Crippen molar-refractivity contribution in [1.82, 2.24) is 4.90 Å². The van der Waals surface area contributed by atoms with Crippen LogP contribution in [0.4, 0.5) is 0 Å². The zero-order valence-electron chi connectivity index (χ0n) is 8.17. The molecule has 0 fully saturated rings. The molecule has 0 radical (unpaired) electrons. The van der Waals surface area contributed by atoms with Crippen molar-refractivity contribution in [2.24, 2.45) is 0 Å². The second-order valence-corrected chi connectivity index (χ2v) is 4.06. The van der Waals surface area contributed by atoms with Crippen LogP contribution in [0.2, 0.25) is 0 Å². The highest BCUT2D eigenvalue weighted by Crippen LogP contribution is 2.22. The van der Waals surface area contributed by atoms with Crippen LogP contribution >= 0.6 is 11.6 Å². The highest BCUT2D eigenvalue weighted by molar-refractivity contribution is 6.19. The van der Waals surface area contributed by atoms with Crippen LogP contribution in [-0.4, -0.2) is 17.3 Å². The van der Waals surface area contributed by atoms with E-state index in [0.717, 1.165) is 25.2 Å². The lowest BCUT2D eigenvalue weighted by Crippen LogP contribution is -2.19. The molecule has 0 atom stereocenters. The Hall–Kier alpha value is -0.790. The van der Waals surface area contributed by atoms with E-state index in [-0.39, 0.29) is 0 Å². The van der Waals surface area contributed by atoms with Crippen LogP contribution in [0.1, 0.15) is 11.1 Å². The predicted octanol–water partition coefficient (Wildman–Crippen LogP) is 2.80. The van der Waals surface area contributed by atoms with Crippen molar-refractivity contribution in [2.45, 2.75) is 13.1 Å². The third-order valence-electron chi connectivity index (χ3n) is 2.54. The van der Waals surface area contributed by atoms with Crippen molar-refractivity contribution in [3.8, 4) is 0 Å². The first-order valence-corrected chi connectivity index (χ1v) is 5.35. The largest absolute Gasteiger partial charge is 0.291 e. The third-order valence-corrected chi connectivity index (χ3v) is 2.92. The molecule has 0 saturated carbocycles. The molecule has 1 heterocycles. The quantitative estimate of drug-likeness (QED) is 0.544. The Morgan fingerprint density at radius 3 is 2.36 bits per heavy atom. The van der Waals surface area contributed by atoms with Crippen LogP contribution in [0.5, 0.6) is 0 Å². The molecule has 0 spiro atoms. The highest BCUT2D eigenvalue weighted by Gasteiger charge is 2.17. The van der Waals surface area contributed by atoms with E-state index in [1.807, 2.05) is 0 Å². The van der Waals surface area contributed by atoms with Crippen LogP contribution in [0.25, 0.3) is 0 Å². The molecule has 0 aromatic heterocycles. The number of hydrogen-bond donors (Lipinski definition) is 0. The number of fused-ring (bicyclic) bond motifs is 1. The van der Waals surface area contributed by atoms with Gasteiger partial charge < -0.3 is 0 Å². The van der Waals surface area contributed by atoms with Gasteiger partial charge in [-0.3, -0.25) is 4.90 Å². The third kappa shape index (κ3) is 1.99. The number of benzene rings is 1. The molecule has 14 heavy (non-hydrogen) atoms. The van der Waals surface area contributed by atoms with Crippen molar-refractivity contribution >= 4 is 11.6 Å². The number of alkyl halides is 1. The summed E-state index contributed by atoms with van der Waals surface area (Å²) in [5.74, 6) is 0.562. The Labute approximate surface area is 90.0 Å². The SMILES string of the molecule is C=C(CCl)CN1Cc2ccccc2C1. The Bertz CT molecular complexity index is 321. The van der Waals surface area contributed by atoms with E-state index in [1.165, 1.54) is 11.1 Å². The fourth-order valence-electron chi connectivity index (χ4n) is 1.87. The van der Waals surface area contributed by atoms with Gasteiger partial charge in [-0.05, 0) is 16.7 Å². The zero-order valence-corrected chi connectivity index (χ0v) is 8.93. The molecule has 1 aliphatic heterocycles. The van der Waals surface area contributed by atoms with Crippen LogP contribution < -0.4 is 0 Å². The Morgan fingerprint density at radius 1 is 1.29 bits per heavy atom. The van der Waals surface area contributed by atoms with E-state index in [2.05, 4.69) is 35.7 Å². The van der Waals surface area contributed by atoms with Gasteiger partial charge in [0, 0.05) is 25.5 Å². The lowest BCUT2D eigenvalue weighted by atomic mass is 10.1. The minimum atomic E-state index is 0.562. The summed E-state index contributed by atoms with van der Waals surface area (Å²) in [6, 6.07) is 8.58. The standard InChI is InChI=1S/C12H14ClN/c1-10(6-13)7-14-8-11-4-2-3-5-12(11)9-14/h2-5H,1,6-9H2. The second-order valence-electron chi connectivity index (χ2n) is 3.80. The summed E-state index contributed by atoms with van der Waals surface area (Å²) in [4.78, 5) is 2.37. The fraction of sp³-hybridized carbons (Fsp3) is 0.333. The van der Waals surface area contributed by atoms with E-state index in [0.29, 0.717) is 5.88 Å². The van der Waals surface area contributed by atoms with Gasteiger partial charge in [-0.25, -0.2) is 0 Å². The lowest BCUT2D eigenvalue weighted by Gasteiger charge is -2.14. The average Bonchev–Trinajstić information content (AvgIpc) is 2.59. The first kappa shape index (κ1) is 9.75. The van der Waals surface area contributed by atoms with Crippen molar-refractivity contribution in [3.05, 3.63) is 47.5 Å². The molecule has 0 unspecified atom stereocenters. The van der Waals surface area contributed by atoms with E-state index in [4.69, 9.17) is 11.6 Å². The van der Waals surface area contributed by atoms with Crippen LogP contribution in [0.15, 0.2) is 36.4 Å². The van der Waals surface area contributed by atoms with Crippen molar-refractivity contribution in [1.29, 1.82) is 0 Å². The van der Waals surface area contributed by atoms with E-state index in [9.17, 15) is 0 Å². The van der Waals surface area contributed by atoms with E-state index < -0.39 is 0 Å². The van der Waals surface area contributed by atoms with Crippen molar-refractivity contribution < 1.29 is 0 Å². The number of rotatable bonds is 3. The molecule has 0 bridgehead atoms. The summed E-state index contributed by atoms with van der Waals surface area (Å²) in [7, 11) is 0. The summed E-state index contributed by atoms with van der Waals surface area (Å²) in [5, 5.41) is 0. The maximum Gasteiger partial charge on any atom is 0.0443 e. The summed E-state index contributed by atoms with van der Waals surface area (Å²) >= 11 is 5.72. The van der Waals surface area contributed by atoms with Gasteiger partial charge in [0.05, 0.1) is 0 Å². The summed E-state index contributed by atoms with van der Waals surface area (Å²) in [6.07, 6.45) is 0. The highest BCUT2D eigenvalue weighted by atomic mass is 35.5. The van der Waals surface area contributed by atoms with Gasteiger partial charge in [0.15, 0.2) is 0 Å². The van der Waals surface area contributed by atoms with Gasteiger partial charge in [0.2, 0.25) is 0 Å². The molecular weight excluding hydrogens is 194 g/mol. The maximum atomic E-state index is 5.72. The minimum absolute atomic E-state index is 0.562. The van der Waals surface area contributed by atoms with Gasteiger partial charge in [-0.2, -0.15) is 0 Å². The monoisotopic (exact) mass is 207 g/mol. The molecule has 0 N–H and O–H groups in total. The van der Waals surface area contributed by atoms with E-state index in [1.54, 1.807) is 0 Å². The second kappa shape index (κ2) is 4.16. The normalized spacial score (nSPS) is 15.5. The number of nitrogens with zero attached hydrogens (tertiary/aromatic N) is 1. The maximum absolute atomic E-state index is 5.72. The summed E-state index contributed by atoms with van der Waals surface area (Å²) in [6.45, 7) is 6.91. The van der Waals surface area contributed by atoms with Crippen LogP contribution in [0.3, 0.4) is 0 Å². The molecule has 2 rings (SSSR count). The molecule has 74 valence electrons. The van der Waals surface area contributed by atoms with Gasteiger partial charge in [0.25, 0.3) is 0 Å². The van der Waals surface area contributed by atoms with E-state index >= 15 is 0 Å². The molecule has 1 aromatic rings. The molecule has 1 aliphatic rings. The molecule has 1 aromatic carbocycles. The van der Waals surface area contributed by atoms with Crippen molar-refractivity contribution in [3.63, 3.8) is 0 Å². The predicted molar refractivity (Wildman–Crippen MR) is 60.4 cm³/mol.